The summed E-state index contributed by atoms with van der Waals surface area (Å²) in [7, 11) is 0. The largest absolute Gasteiger partial charge is 0.378 e. The summed E-state index contributed by atoms with van der Waals surface area (Å²) in [6.45, 7) is 7.92. The van der Waals surface area contributed by atoms with Gasteiger partial charge >= 0.3 is 0 Å². The Balaban J connectivity index is 2.09. The van der Waals surface area contributed by atoms with Crippen molar-refractivity contribution >= 4 is 11.3 Å². The van der Waals surface area contributed by atoms with Gasteiger partial charge in [-0.1, -0.05) is 73.2 Å². The summed E-state index contributed by atoms with van der Waals surface area (Å²) in [5.74, 6) is 0. The number of hydrogen-bond acceptors (Lipinski definition) is 2. The average Bonchev–Trinajstić information content (AvgIpc) is 2.70. The Kier molecular flexibility index (Phi) is 6.08. The summed E-state index contributed by atoms with van der Waals surface area (Å²) in [6, 6.07) is 21.4. The maximum atomic E-state index is 5.56. The Hall–Kier alpha value is -2.32. The molecule has 1 aliphatic rings. The van der Waals surface area contributed by atoms with Gasteiger partial charge in [0.2, 0.25) is 0 Å². The van der Waals surface area contributed by atoms with Gasteiger partial charge in [-0.05, 0) is 36.1 Å². The number of benzene rings is 2. The van der Waals surface area contributed by atoms with E-state index in [2.05, 4.69) is 85.5 Å². The van der Waals surface area contributed by atoms with Crippen molar-refractivity contribution in [2.75, 3.05) is 26.3 Å². The average molecular weight is 333 g/mol. The highest BCUT2D eigenvalue weighted by Gasteiger charge is 2.16. The molecule has 0 amide bonds. The summed E-state index contributed by atoms with van der Waals surface area (Å²) < 4.78 is 5.56. The first-order valence-electron chi connectivity index (χ1n) is 9.14. The number of rotatable bonds is 5. The van der Waals surface area contributed by atoms with E-state index in [0.717, 1.165) is 32.7 Å². The topological polar surface area (TPSA) is 12.5 Å². The van der Waals surface area contributed by atoms with E-state index >= 15 is 0 Å². The highest BCUT2D eigenvalue weighted by molar-refractivity contribution is 5.84. The number of nitrogens with zero attached hydrogens (tertiary/aromatic N) is 1. The van der Waals surface area contributed by atoms with Crippen LogP contribution in [0.2, 0.25) is 0 Å². The molecule has 1 saturated heterocycles. The predicted octanol–water partition coefficient (Wildman–Crippen LogP) is 5.24. The lowest BCUT2D eigenvalue weighted by Gasteiger charge is -2.32. The van der Waals surface area contributed by atoms with Crippen molar-refractivity contribution in [3.63, 3.8) is 0 Å². The quantitative estimate of drug-likeness (QED) is 0.694. The van der Waals surface area contributed by atoms with Gasteiger partial charge in [0.15, 0.2) is 0 Å². The van der Waals surface area contributed by atoms with Crippen LogP contribution in [-0.4, -0.2) is 31.2 Å². The van der Waals surface area contributed by atoms with E-state index in [1.807, 2.05) is 0 Å². The monoisotopic (exact) mass is 333 g/mol. The maximum absolute atomic E-state index is 5.56. The van der Waals surface area contributed by atoms with E-state index < -0.39 is 0 Å². The van der Waals surface area contributed by atoms with Crippen molar-refractivity contribution in [3.05, 3.63) is 83.4 Å². The third-order valence-electron chi connectivity index (χ3n) is 4.78. The SMILES string of the molecule is CC/C(C)=C(/C=C(/c1ccccc1)N1CCOCC1)c1ccccc1. The van der Waals surface area contributed by atoms with Crippen LogP contribution in [0.25, 0.3) is 11.3 Å². The normalized spacial score (nSPS) is 16.6. The van der Waals surface area contributed by atoms with E-state index in [9.17, 15) is 0 Å². The molecule has 2 aromatic carbocycles. The van der Waals surface area contributed by atoms with Gasteiger partial charge in [-0.3, -0.25) is 0 Å². The lowest BCUT2D eigenvalue weighted by Crippen LogP contribution is -2.35. The zero-order chi connectivity index (χ0) is 17.5. The fraction of sp³-hybridized carbons (Fsp3) is 0.304. The third kappa shape index (κ3) is 4.40. The van der Waals surface area contributed by atoms with Gasteiger partial charge in [-0.15, -0.1) is 0 Å². The lowest BCUT2D eigenvalue weighted by atomic mass is 9.96. The van der Waals surface area contributed by atoms with Crippen LogP contribution in [0, 0.1) is 0 Å². The molecule has 1 heterocycles. The Morgan fingerprint density at radius 1 is 0.920 bits per heavy atom. The summed E-state index contributed by atoms with van der Waals surface area (Å²) in [5, 5.41) is 0. The molecule has 0 spiro atoms. The molecule has 2 nitrogen and oxygen atoms in total. The van der Waals surface area contributed by atoms with Crippen LogP contribution in [0.5, 0.6) is 0 Å². The minimum absolute atomic E-state index is 0.793. The maximum Gasteiger partial charge on any atom is 0.0642 e. The molecule has 1 aliphatic heterocycles. The molecule has 2 heteroatoms. The molecule has 2 aromatic rings. The highest BCUT2D eigenvalue weighted by Crippen LogP contribution is 2.29. The molecule has 1 fully saturated rings. The van der Waals surface area contributed by atoms with Gasteiger partial charge in [0.05, 0.1) is 13.2 Å². The second-order valence-corrected chi connectivity index (χ2v) is 6.41. The first-order valence-corrected chi connectivity index (χ1v) is 9.14. The minimum Gasteiger partial charge on any atom is -0.378 e. The van der Waals surface area contributed by atoms with Crippen molar-refractivity contribution in [3.8, 4) is 0 Å². The van der Waals surface area contributed by atoms with Crippen LogP contribution in [0.4, 0.5) is 0 Å². The number of hydrogen-bond donors (Lipinski definition) is 0. The van der Waals surface area contributed by atoms with Gasteiger partial charge in [-0.2, -0.15) is 0 Å². The first-order chi connectivity index (χ1) is 12.3. The lowest BCUT2D eigenvalue weighted by molar-refractivity contribution is 0.0640. The minimum atomic E-state index is 0.793. The van der Waals surface area contributed by atoms with Gasteiger partial charge < -0.3 is 9.64 Å². The molecule has 0 N–H and O–H groups in total. The molecule has 130 valence electrons. The van der Waals surface area contributed by atoms with E-state index in [1.165, 1.54) is 28.0 Å². The van der Waals surface area contributed by atoms with Crippen LogP contribution in [0.1, 0.15) is 31.4 Å². The van der Waals surface area contributed by atoms with Crippen molar-refractivity contribution in [2.45, 2.75) is 20.3 Å². The Morgan fingerprint density at radius 3 is 2.04 bits per heavy atom. The third-order valence-corrected chi connectivity index (χ3v) is 4.78. The van der Waals surface area contributed by atoms with Crippen LogP contribution < -0.4 is 0 Å². The molecule has 0 saturated carbocycles. The van der Waals surface area contributed by atoms with Crippen molar-refractivity contribution < 1.29 is 4.74 Å². The van der Waals surface area contributed by atoms with Gasteiger partial charge in [0.1, 0.15) is 0 Å². The first kappa shape index (κ1) is 17.5. The second-order valence-electron chi connectivity index (χ2n) is 6.41. The molecule has 0 radical (unpaired) electrons. The van der Waals surface area contributed by atoms with Gasteiger partial charge in [-0.25, -0.2) is 0 Å². The van der Waals surface area contributed by atoms with E-state index in [1.54, 1.807) is 0 Å². The van der Waals surface area contributed by atoms with Crippen LogP contribution >= 0.6 is 0 Å². The molecule has 0 aromatic heterocycles. The van der Waals surface area contributed by atoms with Crippen LogP contribution in [0.15, 0.2) is 72.3 Å². The Labute approximate surface area is 151 Å². The van der Waals surface area contributed by atoms with Crippen LogP contribution in [-0.2, 0) is 4.74 Å². The number of ether oxygens (including phenoxy) is 1. The molecule has 0 bridgehead atoms. The summed E-state index contributed by atoms with van der Waals surface area (Å²) in [5.41, 5.74) is 6.57. The number of morpholine rings is 1. The van der Waals surface area contributed by atoms with Gasteiger partial charge in [0.25, 0.3) is 0 Å². The molecule has 0 aliphatic carbocycles. The highest BCUT2D eigenvalue weighted by atomic mass is 16.5. The molecule has 0 unspecified atom stereocenters. The molecule has 25 heavy (non-hydrogen) atoms. The summed E-state index contributed by atoms with van der Waals surface area (Å²) in [6.07, 6.45) is 3.42. The van der Waals surface area contributed by atoms with Crippen LogP contribution in [0.3, 0.4) is 0 Å². The van der Waals surface area contributed by atoms with Crippen molar-refractivity contribution in [1.82, 2.24) is 4.90 Å². The predicted molar refractivity (Wildman–Crippen MR) is 106 cm³/mol. The fourth-order valence-corrected chi connectivity index (χ4v) is 3.17. The molecule has 3 rings (SSSR count). The Morgan fingerprint density at radius 2 is 1.48 bits per heavy atom. The van der Waals surface area contributed by atoms with E-state index in [0.29, 0.717) is 0 Å². The summed E-state index contributed by atoms with van der Waals surface area (Å²) in [4.78, 5) is 2.45. The molecular formula is C23H27NO. The summed E-state index contributed by atoms with van der Waals surface area (Å²) >= 11 is 0. The smallest absolute Gasteiger partial charge is 0.0642 e. The van der Waals surface area contributed by atoms with Gasteiger partial charge in [0, 0.05) is 18.8 Å². The van der Waals surface area contributed by atoms with Crippen molar-refractivity contribution in [1.29, 1.82) is 0 Å². The molecular weight excluding hydrogens is 306 g/mol. The standard InChI is InChI=1S/C23H27NO/c1-3-19(2)22(20-10-6-4-7-11-20)18-23(21-12-8-5-9-13-21)24-14-16-25-17-15-24/h4-13,18H,3,14-17H2,1-2H3/b22-19-,23-18-. The fourth-order valence-electron chi connectivity index (χ4n) is 3.17. The van der Waals surface area contributed by atoms with E-state index in [4.69, 9.17) is 4.74 Å². The zero-order valence-electron chi connectivity index (χ0n) is 15.2. The van der Waals surface area contributed by atoms with E-state index in [-0.39, 0.29) is 0 Å². The molecule has 0 atom stereocenters. The number of allylic oxidation sites excluding steroid dienone is 3. The zero-order valence-corrected chi connectivity index (χ0v) is 15.2. The van der Waals surface area contributed by atoms with Crippen molar-refractivity contribution in [2.24, 2.45) is 0 Å². The Bertz CT molecular complexity index is 725. The second kappa shape index (κ2) is 8.68.